The van der Waals surface area contributed by atoms with Gasteiger partial charge in [-0.2, -0.15) is 0 Å². The number of hydrogen-bond acceptors (Lipinski definition) is 4. The fraction of sp³-hybridized carbons (Fsp3) is 0. The molecule has 0 bridgehead atoms. The van der Waals surface area contributed by atoms with Gasteiger partial charge in [-0.3, -0.25) is 0 Å². The molecule has 0 aliphatic carbocycles. The minimum Gasteiger partial charge on any atom is -0.383 e. The molecule has 0 atom stereocenters. The minimum absolute atomic E-state index is 0.460. The topological polar surface area (TPSA) is 64.7 Å². The van der Waals surface area contributed by atoms with Gasteiger partial charge in [0.1, 0.15) is 5.82 Å². The van der Waals surface area contributed by atoms with Crippen LogP contribution in [0, 0.1) is 0 Å². The molecule has 0 unspecified atom stereocenters. The number of fused-ring (bicyclic) bond motifs is 1. The highest BCUT2D eigenvalue weighted by Gasteiger charge is 2.06. The summed E-state index contributed by atoms with van der Waals surface area (Å²) in [6, 6.07) is 13.4. The Hall–Kier alpha value is -2.49. The Morgan fingerprint density at radius 3 is 2.53 bits per heavy atom. The van der Waals surface area contributed by atoms with Crippen molar-refractivity contribution < 1.29 is 0 Å². The van der Waals surface area contributed by atoms with Gasteiger partial charge in [0.25, 0.3) is 0 Å². The quantitative estimate of drug-likeness (QED) is 0.686. The smallest absolute Gasteiger partial charge is 0.165 e. The number of nitrogens with zero attached hydrogens (tertiary/aromatic N) is 3. The Kier molecular flexibility index (Phi) is 2.19. The van der Waals surface area contributed by atoms with Crippen molar-refractivity contribution in [3.05, 3.63) is 48.7 Å². The number of benzene rings is 1. The monoisotopic (exact) mass is 222 g/mol. The van der Waals surface area contributed by atoms with Crippen molar-refractivity contribution in [3.63, 3.8) is 0 Å². The minimum atomic E-state index is 0.460. The van der Waals surface area contributed by atoms with Crippen LogP contribution in [0.2, 0.25) is 0 Å². The second-order valence-corrected chi connectivity index (χ2v) is 3.67. The standard InChI is InChI=1S/C13H10N4/c14-11-10-7-4-8-15-13(10)17-12(16-11)9-5-2-1-3-6-9/h1-8H,(H2,14,15,16,17). The number of aromatic nitrogens is 3. The highest BCUT2D eigenvalue weighted by Crippen LogP contribution is 2.21. The molecule has 3 aromatic rings. The lowest BCUT2D eigenvalue weighted by Crippen LogP contribution is -1.98. The number of hydrogen-bond donors (Lipinski definition) is 1. The van der Waals surface area contributed by atoms with Gasteiger partial charge >= 0.3 is 0 Å². The third kappa shape index (κ3) is 1.69. The molecule has 82 valence electrons. The van der Waals surface area contributed by atoms with E-state index in [1.54, 1.807) is 6.20 Å². The summed E-state index contributed by atoms with van der Waals surface area (Å²) >= 11 is 0. The average Bonchev–Trinajstić information content (AvgIpc) is 2.40. The van der Waals surface area contributed by atoms with Crippen LogP contribution in [0.1, 0.15) is 0 Å². The third-order valence-corrected chi connectivity index (χ3v) is 2.53. The van der Waals surface area contributed by atoms with Gasteiger partial charge < -0.3 is 5.73 Å². The number of nitrogens with two attached hydrogens (primary N) is 1. The Balaban J connectivity index is 2.26. The van der Waals surface area contributed by atoms with Crippen LogP contribution in [0.5, 0.6) is 0 Å². The van der Waals surface area contributed by atoms with Crippen LogP contribution >= 0.6 is 0 Å². The molecule has 0 saturated heterocycles. The zero-order valence-corrected chi connectivity index (χ0v) is 9.04. The molecule has 0 aliphatic rings. The van der Waals surface area contributed by atoms with Crippen molar-refractivity contribution in [2.75, 3.05) is 5.73 Å². The zero-order valence-electron chi connectivity index (χ0n) is 9.04. The second-order valence-electron chi connectivity index (χ2n) is 3.67. The van der Waals surface area contributed by atoms with Gasteiger partial charge in [0.2, 0.25) is 0 Å². The predicted octanol–water partition coefficient (Wildman–Crippen LogP) is 2.27. The van der Waals surface area contributed by atoms with Crippen LogP contribution in [0.15, 0.2) is 48.7 Å². The van der Waals surface area contributed by atoms with Gasteiger partial charge in [-0.15, -0.1) is 0 Å². The van der Waals surface area contributed by atoms with Gasteiger partial charge in [0.15, 0.2) is 11.5 Å². The van der Waals surface area contributed by atoms with Crippen molar-refractivity contribution in [3.8, 4) is 11.4 Å². The van der Waals surface area contributed by atoms with E-state index < -0.39 is 0 Å². The van der Waals surface area contributed by atoms with Gasteiger partial charge in [-0.05, 0) is 12.1 Å². The number of nitrogen functional groups attached to an aromatic ring is 1. The van der Waals surface area contributed by atoms with Crippen LogP contribution < -0.4 is 5.73 Å². The lowest BCUT2D eigenvalue weighted by Gasteiger charge is -2.04. The summed E-state index contributed by atoms with van der Waals surface area (Å²) in [5.74, 6) is 1.07. The number of pyridine rings is 1. The number of anilines is 1. The van der Waals surface area contributed by atoms with E-state index in [-0.39, 0.29) is 0 Å². The van der Waals surface area contributed by atoms with Crippen LogP contribution in [0.4, 0.5) is 5.82 Å². The Labute approximate surface area is 98.2 Å². The molecule has 2 N–H and O–H groups in total. The van der Waals surface area contributed by atoms with Gasteiger partial charge in [-0.1, -0.05) is 30.3 Å². The first-order valence-electron chi connectivity index (χ1n) is 5.28. The lowest BCUT2D eigenvalue weighted by atomic mass is 10.2. The summed E-state index contributed by atoms with van der Waals surface area (Å²) < 4.78 is 0. The van der Waals surface area contributed by atoms with Crippen molar-refractivity contribution in [1.82, 2.24) is 15.0 Å². The molecule has 2 heterocycles. The summed E-state index contributed by atoms with van der Waals surface area (Å²) in [7, 11) is 0. The van der Waals surface area contributed by atoms with Crippen LogP contribution in [-0.2, 0) is 0 Å². The Morgan fingerprint density at radius 1 is 0.882 bits per heavy atom. The van der Waals surface area contributed by atoms with E-state index in [1.807, 2.05) is 42.5 Å². The Bertz CT molecular complexity index is 665. The molecular weight excluding hydrogens is 212 g/mol. The fourth-order valence-electron chi connectivity index (χ4n) is 1.70. The molecule has 0 saturated carbocycles. The first kappa shape index (κ1) is 9.72. The normalized spacial score (nSPS) is 10.6. The van der Waals surface area contributed by atoms with E-state index in [2.05, 4.69) is 15.0 Å². The summed E-state index contributed by atoms with van der Waals surface area (Å²) in [5, 5.41) is 0.784. The molecule has 0 spiro atoms. The average molecular weight is 222 g/mol. The first-order valence-corrected chi connectivity index (χ1v) is 5.28. The number of rotatable bonds is 1. The summed E-state index contributed by atoms with van der Waals surface area (Å²) in [4.78, 5) is 12.9. The van der Waals surface area contributed by atoms with E-state index >= 15 is 0 Å². The molecule has 0 amide bonds. The SMILES string of the molecule is Nc1nc(-c2ccccc2)nc2ncccc12. The van der Waals surface area contributed by atoms with Crippen molar-refractivity contribution in [2.45, 2.75) is 0 Å². The highest BCUT2D eigenvalue weighted by atomic mass is 15.0. The molecule has 2 aromatic heterocycles. The first-order chi connectivity index (χ1) is 8.34. The van der Waals surface area contributed by atoms with Crippen LogP contribution in [0.25, 0.3) is 22.4 Å². The van der Waals surface area contributed by atoms with E-state index in [9.17, 15) is 0 Å². The maximum Gasteiger partial charge on any atom is 0.165 e. The lowest BCUT2D eigenvalue weighted by molar-refractivity contribution is 1.19. The molecule has 0 aliphatic heterocycles. The second kappa shape index (κ2) is 3.83. The van der Waals surface area contributed by atoms with Crippen molar-refractivity contribution >= 4 is 16.9 Å². The highest BCUT2D eigenvalue weighted by molar-refractivity contribution is 5.86. The van der Waals surface area contributed by atoms with Gasteiger partial charge in [0, 0.05) is 11.8 Å². The van der Waals surface area contributed by atoms with E-state index in [0.29, 0.717) is 17.3 Å². The Morgan fingerprint density at radius 2 is 1.71 bits per heavy atom. The van der Waals surface area contributed by atoms with Crippen molar-refractivity contribution in [2.24, 2.45) is 0 Å². The third-order valence-electron chi connectivity index (χ3n) is 2.53. The molecule has 0 fully saturated rings. The largest absolute Gasteiger partial charge is 0.383 e. The zero-order chi connectivity index (χ0) is 11.7. The molecule has 4 nitrogen and oxygen atoms in total. The summed E-state index contributed by atoms with van der Waals surface area (Å²) in [6.07, 6.45) is 1.70. The maximum absolute atomic E-state index is 5.90. The van der Waals surface area contributed by atoms with Crippen LogP contribution in [-0.4, -0.2) is 15.0 Å². The molecule has 4 heteroatoms. The molecule has 17 heavy (non-hydrogen) atoms. The molecule has 0 radical (unpaired) electrons. The maximum atomic E-state index is 5.90. The summed E-state index contributed by atoms with van der Waals surface area (Å²) in [5.41, 5.74) is 7.46. The fourth-order valence-corrected chi connectivity index (χ4v) is 1.70. The van der Waals surface area contributed by atoms with Crippen LogP contribution in [0.3, 0.4) is 0 Å². The van der Waals surface area contributed by atoms with Crippen molar-refractivity contribution in [1.29, 1.82) is 0 Å². The molecule has 1 aromatic carbocycles. The van der Waals surface area contributed by atoms with Gasteiger partial charge in [-0.25, -0.2) is 15.0 Å². The van der Waals surface area contributed by atoms with Gasteiger partial charge in [0.05, 0.1) is 5.39 Å². The molecular formula is C13H10N4. The molecule has 3 rings (SSSR count). The summed E-state index contributed by atoms with van der Waals surface area (Å²) in [6.45, 7) is 0. The van der Waals surface area contributed by atoms with E-state index in [1.165, 1.54) is 0 Å². The van der Waals surface area contributed by atoms with E-state index in [0.717, 1.165) is 10.9 Å². The van der Waals surface area contributed by atoms with E-state index in [4.69, 9.17) is 5.73 Å². The predicted molar refractivity (Wildman–Crippen MR) is 67.2 cm³/mol.